The lowest BCUT2D eigenvalue weighted by atomic mass is 9.94. The number of benzene rings is 1. The molecule has 2 rings (SSSR count). The molecule has 1 heterocycles. The number of carbonyl (C=O) groups excluding carboxylic acids is 1. The first-order valence-corrected chi connectivity index (χ1v) is 9.17. The molecule has 1 aromatic carbocycles. The van der Waals surface area contributed by atoms with Crippen LogP contribution < -0.4 is 5.32 Å². The van der Waals surface area contributed by atoms with Crippen LogP contribution in [0.4, 0.5) is 0 Å². The van der Waals surface area contributed by atoms with Crippen LogP contribution in [0.2, 0.25) is 0 Å². The monoisotopic (exact) mass is 325 g/mol. The molecule has 0 bridgehead atoms. The van der Waals surface area contributed by atoms with Gasteiger partial charge in [0.25, 0.3) is 0 Å². The Morgan fingerprint density at radius 3 is 2.68 bits per heavy atom. The van der Waals surface area contributed by atoms with Crippen molar-refractivity contribution in [2.75, 3.05) is 13.2 Å². The first-order valence-electron chi connectivity index (χ1n) is 7.62. The van der Waals surface area contributed by atoms with Gasteiger partial charge in [-0.1, -0.05) is 18.2 Å². The Bertz CT molecular complexity index is 639. The minimum absolute atomic E-state index is 0.269. The molecule has 6 heteroatoms. The summed E-state index contributed by atoms with van der Waals surface area (Å²) in [6.07, 6.45) is 0.652. The van der Waals surface area contributed by atoms with Crippen molar-refractivity contribution >= 4 is 15.8 Å². The minimum atomic E-state index is -3.40. The smallest absolute Gasteiger partial charge is 0.310 e. The fourth-order valence-corrected chi connectivity index (χ4v) is 4.08. The highest BCUT2D eigenvalue weighted by Crippen LogP contribution is 2.35. The summed E-state index contributed by atoms with van der Waals surface area (Å²) in [5.74, 6) is -0.613. The molecular weight excluding hydrogens is 302 g/mol. The lowest BCUT2D eigenvalue weighted by molar-refractivity contribution is -0.148. The lowest BCUT2D eigenvalue weighted by Gasteiger charge is -2.22. The number of hydrogen-bond donors (Lipinski definition) is 1. The van der Waals surface area contributed by atoms with Gasteiger partial charge in [0.15, 0.2) is 9.84 Å². The van der Waals surface area contributed by atoms with Crippen molar-refractivity contribution in [3.8, 4) is 0 Å². The molecule has 0 spiro atoms. The number of sulfone groups is 1. The standard InChI is InChI=1S/C16H23NO4S/c1-4-21-16(18)13-9-10-17-15(13)12-7-5-6-8-14(12)22(19,20)11(2)3/h5-8,11,13,15,17H,4,9-10H2,1-3H3. The Morgan fingerprint density at radius 2 is 2.05 bits per heavy atom. The van der Waals surface area contributed by atoms with E-state index in [1.165, 1.54) is 0 Å². The molecule has 1 N–H and O–H groups in total. The van der Waals surface area contributed by atoms with Crippen molar-refractivity contribution in [3.63, 3.8) is 0 Å². The van der Waals surface area contributed by atoms with Crippen LogP contribution in [-0.4, -0.2) is 32.8 Å². The Balaban J connectivity index is 2.43. The molecule has 0 radical (unpaired) electrons. The summed E-state index contributed by atoms with van der Waals surface area (Å²) in [6.45, 7) is 6.10. The van der Waals surface area contributed by atoms with Crippen LogP contribution in [0, 0.1) is 5.92 Å². The van der Waals surface area contributed by atoms with E-state index in [0.29, 0.717) is 30.0 Å². The summed E-state index contributed by atoms with van der Waals surface area (Å²) in [6, 6.07) is 6.60. The van der Waals surface area contributed by atoms with Gasteiger partial charge in [0.2, 0.25) is 0 Å². The normalized spacial score (nSPS) is 22.0. The fourth-order valence-electron chi connectivity index (χ4n) is 2.78. The molecule has 0 aliphatic carbocycles. The molecule has 0 aromatic heterocycles. The van der Waals surface area contributed by atoms with E-state index in [2.05, 4.69) is 5.32 Å². The number of hydrogen-bond acceptors (Lipinski definition) is 5. The van der Waals surface area contributed by atoms with Gasteiger partial charge in [-0.15, -0.1) is 0 Å². The van der Waals surface area contributed by atoms with E-state index in [1.54, 1.807) is 45.0 Å². The second kappa shape index (κ2) is 6.79. The average Bonchev–Trinajstić information content (AvgIpc) is 2.96. The van der Waals surface area contributed by atoms with Crippen LogP contribution in [0.15, 0.2) is 29.2 Å². The van der Waals surface area contributed by atoms with E-state index in [-0.39, 0.29) is 17.9 Å². The maximum atomic E-state index is 12.6. The lowest BCUT2D eigenvalue weighted by Crippen LogP contribution is -2.27. The van der Waals surface area contributed by atoms with Crippen LogP contribution in [0.3, 0.4) is 0 Å². The van der Waals surface area contributed by atoms with Gasteiger partial charge in [0.05, 0.1) is 22.7 Å². The van der Waals surface area contributed by atoms with E-state index >= 15 is 0 Å². The van der Waals surface area contributed by atoms with Crippen LogP contribution >= 0.6 is 0 Å². The Labute approximate surface area is 132 Å². The number of ether oxygens (including phenoxy) is 1. The van der Waals surface area contributed by atoms with E-state index in [1.807, 2.05) is 0 Å². The van der Waals surface area contributed by atoms with Crippen LogP contribution in [-0.2, 0) is 19.4 Å². The molecule has 1 fully saturated rings. The Hall–Kier alpha value is -1.40. The number of carbonyl (C=O) groups is 1. The zero-order valence-electron chi connectivity index (χ0n) is 13.2. The molecule has 122 valence electrons. The third-order valence-corrected chi connectivity index (χ3v) is 6.22. The van der Waals surface area contributed by atoms with Gasteiger partial charge in [-0.25, -0.2) is 8.42 Å². The summed E-state index contributed by atoms with van der Waals surface area (Å²) in [4.78, 5) is 12.4. The van der Waals surface area contributed by atoms with Crippen molar-refractivity contribution < 1.29 is 17.9 Å². The molecule has 1 aliphatic rings. The number of nitrogens with one attached hydrogen (secondary N) is 1. The second-order valence-electron chi connectivity index (χ2n) is 5.71. The van der Waals surface area contributed by atoms with Crippen molar-refractivity contribution in [2.45, 2.75) is 43.4 Å². The molecule has 2 unspecified atom stereocenters. The highest BCUT2D eigenvalue weighted by molar-refractivity contribution is 7.92. The largest absolute Gasteiger partial charge is 0.466 e. The zero-order valence-corrected chi connectivity index (χ0v) is 14.0. The van der Waals surface area contributed by atoms with Gasteiger partial charge in [-0.05, 0) is 45.4 Å². The number of rotatable bonds is 5. The predicted molar refractivity (Wildman–Crippen MR) is 84.2 cm³/mol. The van der Waals surface area contributed by atoms with Crippen molar-refractivity contribution in [3.05, 3.63) is 29.8 Å². The zero-order chi connectivity index (χ0) is 16.3. The average molecular weight is 325 g/mol. The molecule has 1 aromatic rings. The predicted octanol–water partition coefficient (Wildman–Crippen LogP) is 2.08. The van der Waals surface area contributed by atoms with Gasteiger partial charge in [0, 0.05) is 6.04 Å². The van der Waals surface area contributed by atoms with Gasteiger partial charge >= 0.3 is 5.97 Å². The highest BCUT2D eigenvalue weighted by atomic mass is 32.2. The maximum absolute atomic E-state index is 12.6. The maximum Gasteiger partial charge on any atom is 0.310 e. The first kappa shape index (κ1) is 17.0. The fraction of sp³-hybridized carbons (Fsp3) is 0.562. The molecule has 1 aliphatic heterocycles. The van der Waals surface area contributed by atoms with Crippen molar-refractivity contribution in [1.82, 2.24) is 5.32 Å². The number of esters is 1. The van der Waals surface area contributed by atoms with E-state index in [9.17, 15) is 13.2 Å². The molecule has 0 amide bonds. The summed E-state index contributed by atoms with van der Waals surface area (Å²) in [5.41, 5.74) is 0.659. The third-order valence-electron chi connectivity index (χ3n) is 3.99. The minimum Gasteiger partial charge on any atom is -0.466 e. The van der Waals surface area contributed by atoms with Crippen LogP contribution in [0.1, 0.15) is 38.8 Å². The Morgan fingerprint density at radius 1 is 1.36 bits per heavy atom. The summed E-state index contributed by atoms with van der Waals surface area (Å²) in [7, 11) is -3.40. The summed E-state index contributed by atoms with van der Waals surface area (Å²) >= 11 is 0. The topological polar surface area (TPSA) is 72.5 Å². The molecule has 2 atom stereocenters. The molecule has 1 saturated heterocycles. The SMILES string of the molecule is CCOC(=O)C1CCNC1c1ccccc1S(=O)(=O)C(C)C. The highest BCUT2D eigenvalue weighted by Gasteiger charge is 2.37. The Kier molecular flexibility index (Phi) is 5.24. The van der Waals surface area contributed by atoms with Crippen molar-refractivity contribution in [2.24, 2.45) is 5.92 Å². The summed E-state index contributed by atoms with van der Waals surface area (Å²) < 4.78 is 30.3. The molecule has 5 nitrogen and oxygen atoms in total. The second-order valence-corrected chi connectivity index (χ2v) is 8.18. The first-order chi connectivity index (χ1) is 10.4. The van der Waals surface area contributed by atoms with Crippen LogP contribution in [0.5, 0.6) is 0 Å². The van der Waals surface area contributed by atoms with Gasteiger partial charge < -0.3 is 10.1 Å². The third kappa shape index (κ3) is 3.17. The molecule has 0 saturated carbocycles. The molecular formula is C16H23NO4S. The van der Waals surface area contributed by atoms with E-state index in [4.69, 9.17) is 4.74 Å². The van der Waals surface area contributed by atoms with Gasteiger partial charge in [0.1, 0.15) is 0 Å². The van der Waals surface area contributed by atoms with Gasteiger partial charge in [-0.3, -0.25) is 4.79 Å². The van der Waals surface area contributed by atoms with Gasteiger partial charge in [-0.2, -0.15) is 0 Å². The van der Waals surface area contributed by atoms with E-state index in [0.717, 1.165) is 0 Å². The van der Waals surface area contributed by atoms with Crippen molar-refractivity contribution in [1.29, 1.82) is 0 Å². The quantitative estimate of drug-likeness (QED) is 0.839. The molecule has 22 heavy (non-hydrogen) atoms. The van der Waals surface area contributed by atoms with Crippen LogP contribution in [0.25, 0.3) is 0 Å². The van der Waals surface area contributed by atoms with E-state index < -0.39 is 15.1 Å². The summed E-state index contributed by atoms with van der Waals surface area (Å²) in [5, 5.41) is 2.74.